The normalized spacial score (nSPS) is 25.6. The van der Waals surface area contributed by atoms with E-state index in [0.717, 1.165) is 5.75 Å². The molecule has 1 N–H and O–H groups in total. The molecule has 2 heterocycles. The van der Waals surface area contributed by atoms with Crippen LogP contribution >= 0.6 is 35.0 Å². The quantitative estimate of drug-likeness (QED) is 0.848. The van der Waals surface area contributed by atoms with Crippen molar-refractivity contribution in [2.24, 2.45) is 0 Å². The third-order valence-electron chi connectivity index (χ3n) is 3.65. The molecule has 2 saturated heterocycles. The van der Waals surface area contributed by atoms with E-state index in [1.165, 1.54) is 4.90 Å². The van der Waals surface area contributed by atoms with E-state index in [9.17, 15) is 9.59 Å². The summed E-state index contributed by atoms with van der Waals surface area (Å²) in [5.41, 5.74) is -0.128. The summed E-state index contributed by atoms with van der Waals surface area (Å²) in [4.78, 5) is 25.8. The number of hydrogen-bond acceptors (Lipinski definition) is 3. The zero-order valence-electron chi connectivity index (χ0n) is 10.5. The highest BCUT2D eigenvalue weighted by molar-refractivity contribution is 7.99. The summed E-state index contributed by atoms with van der Waals surface area (Å²) in [6.45, 7) is 0.107. The van der Waals surface area contributed by atoms with Gasteiger partial charge in [0.1, 0.15) is 5.54 Å². The summed E-state index contributed by atoms with van der Waals surface area (Å²) in [6, 6.07) is 4.76. The van der Waals surface area contributed by atoms with Crippen LogP contribution < -0.4 is 5.32 Å². The van der Waals surface area contributed by atoms with E-state index in [1.807, 2.05) is 0 Å². The maximum absolute atomic E-state index is 12.5. The Morgan fingerprint density at radius 2 is 2.00 bits per heavy atom. The van der Waals surface area contributed by atoms with Gasteiger partial charge < -0.3 is 5.32 Å². The van der Waals surface area contributed by atoms with Crippen LogP contribution in [0.2, 0.25) is 10.0 Å². The molecule has 0 saturated carbocycles. The number of rotatable bonds is 2. The minimum Gasteiger partial charge on any atom is -0.322 e. The molecule has 2 fully saturated rings. The highest BCUT2D eigenvalue weighted by Gasteiger charge is 2.52. The topological polar surface area (TPSA) is 49.4 Å². The Bertz CT molecular complexity index is 567. The summed E-state index contributed by atoms with van der Waals surface area (Å²) < 4.78 is 0. The van der Waals surface area contributed by atoms with Gasteiger partial charge in [0.05, 0.1) is 6.54 Å². The van der Waals surface area contributed by atoms with E-state index >= 15 is 0 Å². The maximum Gasteiger partial charge on any atom is 0.325 e. The van der Waals surface area contributed by atoms with Crippen LogP contribution in [0.25, 0.3) is 0 Å². The molecule has 1 aromatic rings. The zero-order chi connectivity index (χ0) is 14.3. The molecule has 2 aliphatic rings. The summed E-state index contributed by atoms with van der Waals surface area (Å²) in [5, 5.41) is 3.74. The Balaban J connectivity index is 1.88. The standard InChI is InChI=1S/C13H12Cl2N2O2S/c14-9-2-1-3-10(15)8(9)6-17-11(18)13(16-12(17)19)4-5-20-7-13/h1-3H,4-7H2,(H,16,19). The number of nitrogens with one attached hydrogen (secondary N) is 1. The molecule has 20 heavy (non-hydrogen) atoms. The lowest BCUT2D eigenvalue weighted by molar-refractivity contribution is -0.130. The van der Waals surface area contributed by atoms with Crippen LogP contribution in [-0.2, 0) is 11.3 Å². The lowest BCUT2D eigenvalue weighted by Crippen LogP contribution is -2.46. The molecule has 1 aromatic carbocycles. The molecular weight excluding hydrogens is 319 g/mol. The number of benzene rings is 1. The average molecular weight is 331 g/mol. The lowest BCUT2D eigenvalue weighted by atomic mass is 9.99. The molecule has 7 heteroatoms. The number of hydrogen-bond donors (Lipinski definition) is 1. The van der Waals surface area contributed by atoms with E-state index in [1.54, 1.807) is 30.0 Å². The molecule has 106 valence electrons. The molecule has 1 atom stereocenters. The van der Waals surface area contributed by atoms with E-state index in [4.69, 9.17) is 23.2 Å². The van der Waals surface area contributed by atoms with Gasteiger partial charge in [-0.25, -0.2) is 4.79 Å². The summed E-state index contributed by atoms with van der Waals surface area (Å²) in [7, 11) is 0. The third-order valence-corrected chi connectivity index (χ3v) is 5.54. The van der Waals surface area contributed by atoms with Gasteiger partial charge in [0.15, 0.2) is 0 Å². The smallest absolute Gasteiger partial charge is 0.322 e. The minimum absolute atomic E-state index is 0.107. The van der Waals surface area contributed by atoms with Crippen LogP contribution in [0.5, 0.6) is 0 Å². The molecule has 3 amide bonds. The fourth-order valence-corrected chi connectivity index (χ4v) is 4.34. The first-order valence-corrected chi connectivity index (χ1v) is 8.09. The Morgan fingerprint density at radius 1 is 1.30 bits per heavy atom. The second-order valence-corrected chi connectivity index (χ2v) is 6.83. The molecule has 1 spiro atoms. The van der Waals surface area contributed by atoms with Gasteiger partial charge in [-0.1, -0.05) is 29.3 Å². The van der Waals surface area contributed by atoms with Crippen molar-refractivity contribution in [3.8, 4) is 0 Å². The fourth-order valence-electron chi connectivity index (χ4n) is 2.49. The Labute approximate surface area is 130 Å². The first kappa shape index (κ1) is 14.0. The van der Waals surface area contributed by atoms with Gasteiger partial charge >= 0.3 is 6.03 Å². The van der Waals surface area contributed by atoms with Crippen LogP contribution in [0, 0.1) is 0 Å². The molecule has 4 nitrogen and oxygen atoms in total. The van der Waals surface area contributed by atoms with Gasteiger partial charge in [0.2, 0.25) is 0 Å². The number of urea groups is 1. The van der Waals surface area contributed by atoms with Crippen LogP contribution in [0.4, 0.5) is 4.79 Å². The SMILES string of the molecule is O=C1NC2(CCSC2)C(=O)N1Cc1c(Cl)cccc1Cl. The van der Waals surface area contributed by atoms with Crippen molar-refractivity contribution in [1.29, 1.82) is 0 Å². The predicted octanol–water partition coefficient (Wildman–Crippen LogP) is 2.92. The fraction of sp³-hybridized carbons (Fsp3) is 0.385. The van der Waals surface area contributed by atoms with Gasteiger partial charge in [0.25, 0.3) is 5.91 Å². The van der Waals surface area contributed by atoms with Gasteiger partial charge in [-0.05, 0) is 24.3 Å². The van der Waals surface area contributed by atoms with Crippen LogP contribution in [0.1, 0.15) is 12.0 Å². The number of carbonyl (C=O) groups is 2. The van der Waals surface area contributed by atoms with Gasteiger partial charge in [-0.3, -0.25) is 9.69 Å². The highest BCUT2D eigenvalue weighted by atomic mass is 35.5. The monoisotopic (exact) mass is 330 g/mol. The number of carbonyl (C=O) groups excluding carboxylic acids is 2. The van der Waals surface area contributed by atoms with Gasteiger partial charge in [0, 0.05) is 21.4 Å². The molecule has 2 aliphatic heterocycles. The predicted molar refractivity (Wildman–Crippen MR) is 80.2 cm³/mol. The van der Waals surface area contributed by atoms with Crippen LogP contribution in [0.15, 0.2) is 18.2 Å². The van der Waals surface area contributed by atoms with Crippen molar-refractivity contribution in [2.45, 2.75) is 18.5 Å². The molecule has 0 bridgehead atoms. The molecule has 3 rings (SSSR count). The Hall–Kier alpha value is -0.910. The van der Waals surface area contributed by atoms with Crippen LogP contribution in [0.3, 0.4) is 0 Å². The molecule has 0 aromatic heterocycles. The molecule has 0 aliphatic carbocycles. The second kappa shape index (κ2) is 5.13. The third kappa shape index (κ3) is 2.18. The Morgan fingerprint density at radius 3 is 2.60 bits per heavy atom. The number of halogens is 2. The van der Waals surface area contributed by atoms with E-state index in [2.05, 4.69) is 5.32 Å². The number of amides is 3. The van der Waals surface area contributed by atoms with Crippen molar-refractivity contribution in [2.75, 3.05) is 11.5 Å². The van der Waals surface area contributed by atoms with Crippen LogP contribution in [-0.4, -0.2) is 33.9 Å². The maximum atomic E-state index is 12.5. The second-order valence-electron chi connectivity index (χ2n) is 4.91. The van der Waals surface area contributed by atoms with E-state index in [-0.39, 0.29) is 18.5 Å². The molecular formula is C13H12Cl2N2O2S. The van der Waals surface area contributed by atoms with E-state index < -0.39 is 5.54 Å². The van der Waals surface area contributed by atoms with Gasteiger partial charge in [-0.2, -0.15) is 11.8 Å². The number of imide groups is 1. The minimum atomic E-state index is -0.727. The summed E-state index contributed by atoms with van der Waals surface area (Å²) >= 11 is 13.9. The van der Waals surface area contributed by atoms with Crippen molar-refractivity contribution in [3.05, 3.63) is 33.8 Å². The van der Waals surface area contributed by atoms with E-state index in [0.29, 0.717) is 27.8 Å². The number of nitrogens with zero attached hydrogens (tertiary/aromatic N) is 1. The first-order valence-electron chi connectivity index (χ1n) is 6.18. The van der Waals surface area contributed by atoms with Gasteiger partial charge in [-0.15, -0.1) is 0 Å². The van der Waals surface area contributed by atoms with Crippen molar-refractivity contribution >= 4 is 46.9 Å². The zero-order valence-corrected chi connectivity index (χ0v) is 12.8. The lowest BCUT2D eigenvalue weighted by Gasteiger charge is -2.19. The van der Waals surface area contributed by atoms with Crippen molar-refractivity contribution < 1.29 is 9.59 Å². The molecule has 0 radical (unpaired) electrons. The average Bonchev–Trinajstić information content (AvgIpc) is 2.95. The van der Waals surface area contributed by atoms with Crippen molar-refractivity contribution in [1.82, 2.24) is 10.2 Å². The highest BCUT2D eigenvalue weighted by Crippen LogP contribution is 2.35. The first-order chi connectivity index (χ1) is 9.53. The largest absolute Gasteiger partial charge is 0.325 e. The Kier molecular flexibility index (Phi) is 3.60. The summed E-state index contributed by atoms with van der Waals surface area (Å²) in [5.74, 6) is 1.33. The summed E-state index contributed by atoms with van der Waals surface area (Å²) in [6.07, 6.45) is 0.676. The number of thioether (sulfide) groups is 1. The van der Waals surface area contributed by atoms with Crippen molar-refractivity contribution in [3.63, 3.8) is 0 Å². The molecule has 1 unspecified atom stereocenters.